The minimum absolute atomic E-state index is 0.0893. The number of aryl methyl sites for hydroxylation is 1. The zero-order chi connectivity index (χ0) is 12.8. The quantitative estimate of drug-likeness (QED) is 0.854. The van der Waals surface area contributed by atoms with Crippen molar-refractivity contribution < 1.29 is 4.39 Å². The molecule has 0 saturated heterocycles. The van der Waals surface area contributed by atoms with Gasteiger partial charge in [-0.05, 0) is 42.5 Å². The van der Waals surface area contributed by atoms with Crippen LogP contribution in [0.15, 0.2) is 54.6 Å². The molecule has 0 heterocycles. The highest BCUT2D eigenvalue weighted by Crippen LogP contribution is 2.23. The number of hydrogen-bond acceptors (Lipinski definition) is 1. The minimum Gasteiger partial charge on any atom is -0.330 e. The molecule has 2 aromatic carbocycles. The van der Waals surface area contributed by atoms with Crippen LogP contribution in [-0.4, -0.2) is 6.54 Å². The Hall–Kier alpha value is -1.67. The Balaban J connectivity index is 2.04. The summed E-state index contributed by atoms with van der Waals surface area (Å²) in [4.78, 5) is 0. The van der Waals surface area contributed by atoms with Crippen molar-refractivity contribution >= 4 is 0 Å². The molecule has 0 aliphatic rings. The molecule has 0 spiro atoms. The maximum absolute atomic E-state index is 13.7. The fraction of sp³-hybridized carbons (Fsp3) is 0.250. The van der Waals surface area contributed by atoms with Crippen molar-refractivity contribution in [1.29, 1.82) is 0 Å². The van der Waals surface area contributed by atoms with Crippen LogP contribution in [-0.2, 0) is 6.42 Å². The van der Waals surface area contributed by atoms with Gasteiger partial charge in [0.1, 0.15) is 5.82 Å². The van der Waals surface area contributed by atoms with Gasteiger partial charge >= 0.3 is 0 Å². The Morgan fingerprint density at radius 2 is 1.61 bits per heavy atom. The summed E-state index contributed by atoms with van der Waals surface area (Å²) in [6.07, 6.45) is 1.80. The average molecular weight is 243 g/mol. The highest BCUT2D eigenvalue weighted by Gasteiger charge is 2.13. The van der Waals surface area contributed by atoms with E-state index in [0.717, 1.165) is 18.4 Å². The Labute approximate surface area is 107 Å². The SMILES string of the molecule is NCC(CCc1ccccc1)c1ccccc1F. The van der Waals surface area contributed by atoms with Gasteiger partial charge in [0, 0.05) is 0 Å². The summed E-state index contributed by atoms with van der Waals surface area (Å²) in [5.74, 6) is -0.0626. The second kappa shape index (κ2) is 6.31. The lowest BCUT2D eigenvalue weighted by atomic mass is 9.92. The third-order valence-electron chi connectivity index (χ3n) is 3.25. The highest BCUT2D eigenvalue weighted by atomic mass is 19.1. The number of hydrogen-bond donors (Lipinski definition) is 1. The molecule has 2 heteroatoms. The van der Waals surface area contributed by atoms with Gasteiger partial charge in [0.25, 0.3) is 0 Å². The molecule has 0 bridgehead atoms. The van der Waals surface area contributed by atoms with Gasteiger partial charge in [-0.1, -0.05) is 48.5 Å². The molecule has 18 heavy (non-hydrogen) atoms. The van der Waals surface area contributed by atoms with E-state index in [9.17, 15) is 4.39 Å². The molecule has 1 nitrogen and oxygen atoms in total. The standard InChI is InChI=1S/C16H18FN/c17-16-9-5-4-8-15(16)14(12-18)11-10-13-6-2-1-3-7-13/h1-9,14H,10-12,18H2. The maximum Gasteiger partial charge on any atom is 0.126 e. The Morgan fingerprint density at radius 3 is 2.28 bits per heavy atom. The predicted octanol–water partition coefficient (Wildman–Crippen LogP) is 3.50. The lowest BCUT2D eigenvalue weighted by molar-refractivity contribution is 0.558. The molecule has 1 atom stereocenters. The van der Waals surface area contributed by atoms with Crippen molar-refractivity contribution in [2.45, 2.75) is 18.8 Å². The molecule has 0 aromatic heterocycles. The van der Waals surface area contributed by atoms with Crippen molar-refractivity contribution in [1.82, 2.24) is 0 Å². The zero-order valence-corrected chi connectivity index (χ0v) is 10.4. The maximum atomic E-state index is 13.7. The molecule has 0 saturated carbocycles. The first-order valence-corrected chi connectivity index (χ1v) is 6.29. The summed E-state index contributed by atoms with van der Waals surface area (Å²) in [6, 6.07) is 17.1. The van der Waals surface area contributed by atoms with E-state index < -0.39 is 0 Å². The topological polar surface area (TPSA) is 26.0 Å². The third kappa shape index (κ3) is 3.17. The molecule has 2 rings (SSSR count). The van der Waals surface area contributed by atoms with E-state index in [1.54, 1.807) is 6.07 Å². The van der Waals surface area contributed by atoms with E-state index in [0.29, 0.717) is 6.54 Å². The lowest BCUT2D eigenvalue weighted by Gasteiger charge is -2.15. The van der Waals surface area contributed by atoms with Gasteiger partial charge in [-0.2, -0.15) is 0 Å². The fourth-order valence-corrected chi connectivity index (χ4v) is 2.19. The summed E-state index contributed by atoms with van der Waals surface area (Å²) in [5.41, 5.74) is 7.77. The zero-order valence-electron chi connectivity index (χ0n) is 10.4. The molecular formula is C16H18FN. The number of halogens is 1. The molecule has 0 aliphatic heterocycles. The van der Waals surface area contributed by atoms with Crippen LogP contribution < -0.4 is 5.73 Å². The molecule has 0 amide bonds. The molecule has 0 fully saturated rings. The largest absolute Gasteiger partial charge is 0.330 e. The average Bonchev–Trinajstić information content (AvgIpc) is 2.42. The molecular weight excluding hydrogens is 225 g/mol. The summed E-state index contributed by atoms with van der Waals surface area (Å²) >= 11 is 0. The van der Waals surface area contributed by atoms with Crippen LogP contribution in [0.2, 0.25) is 0 Å². The van der Waals surface area contributed by atoms with Crippen molar-refractivity contribution in [3.8, 4) is 0 Å². The van der Waals surface area contributed by atoms with Crippen molar-refractivity contribution in [3.63, 3.8) is 0 Å². The number of rotatable bonds is 5. The van der Waals surface area contributed by atoms with Crippen LogP contribution in [0, 0.1) is 5.82 Å². The van der Waals surface area contributed by atoms with E-state index in [4.69, 9.17) is 5.73 Å². The van der Waals surface area contributed by atoms with Gasteiger partial charge in [-0.3, -0.25) is 0 Å². The van der Waals surface area contributed by atoms with E-state index >= 15 is 0 Å². The van der Waals surface area contributed by atoms with E-state index in [1.165, 1.54) is 11.6 Å². The van der Waals surface area contributed by atoms with Crippen LogP contribution in [0.4, 0.5) is 4.39 Å². The molecule has 94 valence electrons. The van der Waals surface area contributed by atoms with Gasteiger partial charge in [-0.15, -0.1) is 0 Å². The normalized spacial score (nSPS) is 12.3. The van der Waals surface area contributed by atoms with E-state index in [2.05, 4.69) is 12.1 Å². The van der Waals surface area contributed by atoms with Crippen molar-refractivity contribution in [2.24, 2.45) is 5.73 Å². The first-order chi connectivity index (χ1) is 8.81. The minimum atomic E-state index is -0.152. The van der Waals surface area contributed by atoms with E-state index in [1.807, 2.05) is 30.3 Å². The van der Waals surface area contributed by atoms with E-state index in [-0.39, 0.29) is 11.7 Å². The van der Waals surface area contributed by atoms with Crippen molar-refractivity contribution in [2.75, 3.05) is 6.54 Å². The summed E-state index contributed by atoms with van der Waals surface area (Å²) in [7, 11) is 0. The Kier molecular flexibility index (Phi) is 4.48. The smallest absolute Gasteiger partial charge is 0.126 e. The van der Waals surface area contributed by atoms with Crippen LogP contribution in [0.1, 0.15) is 23.5 Å². The summed E-state index contributed by atoms with van der Waals surface area (Å²) in [5, 5.41) is 0. The fourth-order valence-electron chi connectivity index (χ4n) is 2.19. The predicted molar refractivity (Wildman–Crippen MR) is 73.0 cm³/mol. The van der Waals surface area contributed by atoms with Crippen LogP contribution in [0.5, 0.6) is 0 Å². The number of nitrogens with two attached hydrogens (primary N) is 1. The summed E-state index contributed by atoms with van der Waals surface area (Å²) in [6.45, 7) is 0.480. The van der Waals surface area contributed by atoms with Gasteiger partial charge < -0.3 is 5.73 Å². The third-order valence-corrected chi connectivity index (χ3v) is 3.25. The van der Waals surface area contributed by atoms with Crippen LogP contribution >= 0.6 is 0 Å². The highest BCUT2D eigenvalue weighted by molar-refractivity contribution is 5.23. The molecule has 0 radical (unpaired) electrons. The van der Waals surface area contributed by atoms with Crippen LogP contribution in [0.3, 0.4) is 0 Å². The molecule has 0 aliphatic carbocycles. The van der Waals surface area contributed by atoms with Gasteiger partial charge in [0.15, 0.2) is 0 Å². The van der Waals surface area contributed by atoms with Crippen molar-refractivity contribution in [3.05, 3.63) is 71.5 Å². The molecule has 2 aromatic rings. The molecule has 2 N–H and O–H groups in total. The van der Waals surface area contributed by atoms with Crippen LogP contribution in [0.25, 0.3) is 0 Å². The van der Waals surface area contributed by atoms with Gasteiger partial charge in [-0.25, -0.2) is 4.39 Å². The second-order valence-electron chi connectivity index (χ2n) is 4.48. The first kappa shape index (κ1) is 12.8. The Bertz CT molecular complexity index is 481. The molecule has 1 unspecified atom stereocenters. The Morgan fingerprint density at radius 1 is 0.944 bits per heavy atom. The summed E-state index contributed by atoms with van der Waals surface area (Å²) < 4.78 is 13.7. The number of benzene rings is 2. The first-order valence-electron chi connectivity index (χ1n) is 6.29. The van der Waals surface area contributed by atoms with Gasteiger partial charge in [0.2, 0.25) is 0 Å². The van der Waals surface area contributed by atoms with Gasteiger partial charge in [0.05, 0.1) is 0 Å². The second-order valence-corrected chi connectivity index (χ2v) is 4.48. The lowest BCUT2D eigenvalue weighted by Crippen LogP contribution is -2.14. The monoisotopic (exact) mass is 243 g/mol.